The van der Waals surface area contributed by atoms with Crippen molar-refractivity contribution in [1.82, 2.24) is 9.80 Å². The standard InChI is InChI=1S/C18H26F3N3O2/c1-17(2,3)26-16(25)24-9-7-23(8-10-24)15(12-22)13-5-4-6-14(11-13)18(19,20)21/h4-6,11,15H,7-10,12,22H2,1-3H3. The number of hydrogen-bond donors (Lipinski definition) is 1. The Bertz CT molecular complexity index is 621. The van der Waals surface area contributed by atoms with E-state index in [1.54, 1.807) is 31.7 Å². The molecular formula is C18H26F3N3O2. The number of piperazine rings is 1. The van der Waals surface area contributed by atoms with Gasteiger partial charge in [0, 0.05) is 38.8 Å². The van der Waals surface area contributed by atoms with Crippen molar-refractivity contribution < 1.29 is 22.7 Å². The summed E-state index contributed by atoms with van der Waals surface area (Å²) in [6, 6.07) is 4.94. The first-order chi connectivity index (χ1) is 12.0. The van der Waals surface area contributed by atoms with Crippen LogP contribution in [0.25, 0.3) is 0 Å². The van der Waals surface area contributed by atoms with Crippen LogP contribution in [0.3, 0.4) is 0 Å². The number of rotatable bonds is 3. The Morgan fingerprint density at radius 2 is 1.81 bits per heavy atom. The molecule has 1 aliphatic heterocycles. The van der Waals surface area contributed by atoms with Gasteiger partial charge in [0.1, 0.15) is 5.60 Å². The van der Waals surface area contributed by atoms with E-state index >= 15 is 0 Å². The third-order valence-corrected chi connectivity index (χ3v) is 4.23. The van der Waals surface area contributed by atoms with Gasteiger partial charge in [0.2, 0.25) is 0 Å². The second-order valence-electron chi connectivity index (χ2n) is 7.38. The van der Waals surface area contributed by atoms with Gasteiger partial charge < -0.3 is 15.4 Å². The lowest BCUT2D eigenvalue weighted by molar-refractivity contribution is -0.137. The van der Waals surface area contributed by atoms with Crippen LogP contribution in [0.1, 0.15) is 37.9 Å². The van der Waals surface area contributed by atoms with E-state index in [1.165, 1.54) is 6.07 Å². The van der Waals surface area contributed by atoms with E-state index in [0.717, 1.165) is 12.1 Å². The summed E-state index contributed by atoms with van der Waals surface area (Å²) in [6.45, 7) is 7.56. The Kier molecular flexibility index (Phi) is 6.18. The first kappa shape index (κ1) is 20.5. The molecule has 1 amide bonds. The zero-order chi connectivity index (χ0) is 19.5. The van der Waals surface area contributed by atoms with Gasteiger partial charge in [0.15, 0.2) is 0 Å². The molecule has 0 saturated carbocycles. The van der Waals surface area contributed by atoms with E-state index in [-0.39, 0.29) is 18.7 Å². The molecule has 146 valence electrons. The molecule has 1 heterocycles. The molecule has 1 saturated heterocycles. The molecule has 0 bridgehead atoms. The monoisotopic (exact) mass is 373 g/mol. The normalized spacial score (nSPS) is 17.9. The summed E-state index contributed by atoms with van der Waals surface area (Å²) in [7, 11) is 0. The molecule has 1 aromatic rings. The number of carbonyl (C=O) groups is 1. The Morgan fingerprint density at radius 3 is 2.31 bits per heavy atom. The van der Waals surface area contributed by atoms with Crippen LogP contribution in [-0.2, 0) is 10.9 Å². The van der Waals surface area contributed by atoms with Crippen molar-refractivity contribution in [2.45, 2.75) is 38.6 Å². The molecule has 0 spiro atoms. The molecular weight excluding hydrogens is 347 g/mol. The molecule has 26 heavy (non-hydrogen) atoms. The third kappa shape index (κ3) is 5.35. The average molecular weight is 373 g/mol. The highest BCUT2D eigenvalue weighted by Gasteiger charge is 2.33. The number of nitrogens with zero attached hydrogens (tertiary/aromatic N) is 2. The van der Waals surface area contributed by atoms with Crippen LogP contribution in [0.4, 0.5) is 18.0 Å². The lowest BCUT2D eigenvalue weighted by atomic mass is 10.0. The van der Waals surface area contributed by atoms with Crippen molar-refractivity contribution >= 4 is 6.09 Å². The highest BCUT2D eigenvalue weighted by Crippen LogP contribution is 2.32. The zero-order valence-electron chi connectivity index (χ0n) is 15.3. The number of halogens is 3. The fraction of sp³-hybridized carbons (Fsp3) is 0.611. The van der Waals surface area contributed by atoms with Crippen molar-refractivity contribution in [2.24, 2.45) is 5.73 Å². The van der Waals surface area contributed by atoms with Gasteiger partial charge in [-0.1, -0.05) is 12.1 Å². The summed E-state index contributed by atoms with van der Waals surface area (Å²) in [5, 5.41) is 0. The fourth-order valence-electron chi connectivity index (χ4n) is 2.96. The highest BCUT2D eigenvalue weighted by atomic mass is 19.4. The SMILES string of the molecule is CC(C)(C)OC(=O)N1CCN(C(CN)c2cccc(C(F)(F)F)c2)CC1. The molecule has 5 nitrogen and oxygen atoms in total. The summed E-state index contributed by atoms with van der Waals surface area (Å²) in [5.74, 6) is 0. The molecule has 2 N–H and O–H groups in total. The second kappa shape index (κ2) is 7.84. The number of benzene rings is 1. The Labute approximate surface area is 151 Å². The summed E-state index contributed by atoms with van der Waals surface area (Å²) < 4.78 is 44.2. The van der Waals surface area contributed by atoms with Crippen LogP contribution in [0.5, 0.6) is 0 Å². The van der Waals surface area contributed by atoms with Crippen molar-refractivity contribution in [3.63, 3.8) is 0 Å². The summed E-state index contributed by atoms with van der Waals surface area (Å²) in [4.78, 5) is 15.7. The Morgan fingerprint density at radius 1 is 1.19 bits per heavy atom. The van der Waals surface area contributed by atoms with Crippen molar-refractivity contribution in [3.8, 4) is 0 Å². The van der Waals surface area contributed by atoms with E-state index < -0.39 is 17.3 Å². The van der Waals surface area contributed by atoms with Crippen molar-refractivity contribution in [3.05, 3.63) is 35.4 Å². The molecule has 8 heteroatoms. The average Bonchev–Trinajstić information content (AvgIpc) is 2.54. The van der Waals surface area contributed by atoms with Crippen LogP contribution in [-0.4, -0.2) is 54.2 Å². The predicted molar refractivity (Wildman–Crippen MR) is 92.6 cm³/mol. The lowest BCUT2D eigenvalue weighted by Gasteiger charge is -2.39. The Balaban J connectivity index is 2.04. The van der Waals surface area contributed by atoms with Crippen LogP contribution < -0.4 is 5.73 Å². The number of hydrogen-bond acceptors (Lipinski definition) is 4. The van der Waals surface area contributed by atoms with Gasteiger partial charge in [-0.25, -0.2) is 4.79 Å². The molecule has 1 aromatic carbocycles. The van der Waals surface area contributed by atoms with Crippen LogP contribution in [0, 0.1) is 0 Å². The predicted octanol–water partition coefficient (Wildman–Crippen LogP) is 3.26. The van der Waals surface area contributed by atoms with Crippen LogP contribution in [0.15, 0.2) is 24.3 Å². The minimum atomic E-state index is -4.38. The van der Waals surface area contributed by atoms with Gasteiger partial charge in [-0.15, -0.1) is 0 Å². The molecule has 1 atom stereocenters. The first-order valence-corrected chi connectivity index (χ1v) is 8.60. The molecule has 0 aromatic heterocycles. The fourth-order valence-corrected chi connectivity index (χ4v) is 2.96. The minimum absolute atomic E-state index is 0.202. The summed E-state index contributed by atoms with van der Waals surface area (Å²) in [6.07, 6.45) is -4.76. The number of carbonyl (C=O) groups excluding carboxylic acids is 1. The maximum absolute atomic E-state index is 12.9. The first-order valence-electron chi connectivity index (χ1n) is 8.60. The van der Waals surface area contributed by atoms with E-state index in [0.29, 0.717) is 31.7 Å². The van der Waals surface area contributed by atoms with Gasteiger partial charge >= 0.3 is 12.3 Å². The largest absolute Gasteiger partial charge is 0.444 e. The van der Waals surface area contributed by atoms with Crippen LogP contribution >= 0.6 is 0 Å². The molecule has 2 rings (SSSR count). The summed E-state index contributed by atoms with van der Waals surface area (Å²) in [5.41, 5.74) is 5.14. The number of nitrogens with two attached hydrogens (primary N) is 1. The van der Waals surface area contributed by atoms with Gasteiger partial charge in [-0.3, -0.25) is 4.90 Å². The molecule has 1 aliphatic rings. The number of amides is 1. The number of alkyl halides is 3. The highest BCUT2D eigenvalue weighted by molar-refractivity contribution is 5.68. The minimum Gasteiger partial charge on any atom is -0.444 e. The summed E-state index contributed by atoms with van der Waals surface area (Å²) >= 11 is 0. The quantitative estimate of drug-likeness (QED) is 0.884. The van der Waals surface area contributed by atoms with E-state index in [9.17, 15) is 18.0 Å². The van der Waals surface area contributed by atoms with Gasteiger partial charge in [-0.05, 0) is 38.5 Å². The second-order valence-corrected chi connectivity index (χ2v) is 7.38. The van der Waals surface area contributed by atoms with Crippen molar-refractivity contribution in [2.75, 3.05) is 32.7 Å². The topological polar surface area (TPSA) is 58.8 Å². The lowest BCUT2D eigenvalue weighted by Crippen LogP contribution is -2.51. The molecule has 1 unspecified atom stereocenters. The van der Waals surface area contributed by atoms with Crippen molar-refractivity contribution in [1.29, 1.82) is 0 Å². The van der Waals surface area contributed by atoms with Gasteiger partial charge in [0.25, 0.3) is 0 Å². The van der Waals surface area contributed by atoms with E-state index in [2.05, 4.69) is 0 Å². The van der Waals surface area contributed by atoms with Gasteiger partial charge in [-0.2, -0.15) is 13.2 Å². The van der Waals surface area contributed by atoms with E-state index in [1.807, 2.05) is 4.90 Å². The van der Waals surface area contributed by atoms with Crippen LogP contribution in [0.2, 0.25) is 0 Å². The molecule has 0 aliphatic carbocycles. The van der Waals surface area contributed by atoms with E-state index in [4.69, 9.17) is 10.5 Å². The third-order valence-electron chi connectivity index (χ3n) is 4.23. The molecule has 1 fully saturated rings. The zero-order valence-corrected chi connectivity index (χ0v) is 15.3. The maximum atomic E-state index is 12.9. The maximum Gasteiger partial charge on any atom is 0.416 e. The Hall–Kier alpha value is -1.80. The smallest absolute Gasteiger partial charge is 0.416 e. The van der Waals surface area contributed by atoms with Gasteiger partial charge in [0.05, 0.1) is 5.56 Å². The number of ether oxygens (including phenoxy) is 1. The molecule has 0 radical (unpaired) electrons.